The molecule has 6 heteroatoms. The smallest absolute Gasteiger partial charge is 0.311 e. The monoisotopic (exact) mass is 386 g/mol. The van der Waals surface area contributed by atoms with E-state index in [4.69, 9.17) is 10.00 Å². The Hall–Kier alpha value is -2.65. The summed E-state index contributed by atoms with van der Waals surface area (Å²) in [5.41, 5.74) is 1.85. The molecule has 0 bridgehead atoms. The summed E-state index contributed by atoms with van der Waals surface area (Å²) in [7, 11) is 0. The maximum absolute atomic E-state index is 12.0. The van der Waals surface area contributed by atoms with E-state index in [1.165, 1.54) is 6.92 Å². The van der Waals surface area contributed by atoms with Crippen molar-refractivity contribution in [3.63, 3.8) is 0 Å². The van der Waals surface area contributed by atoms with Crippen LogP contribution in [0.5, 0.6) is 0 Å². The number of halogens is 1. The summed E-state index contributed by atoms with van der Waals surface area (Å²) in [5.74, 6) is -0.899. The third kappa shape index (κ3) is 5.21. The van der Waals surface area contributed by atoms with Crippen LogP contribution in [0.4, 0.5) is 5.69 Å². The van der Waals surface area contributed by atoms with Crippen LogP contribution in [-0.2, 0) is 20.7 Å². The number of nitrogens with one attached hydrogen (secondary N) is 1. The van der Waals surface area contributed by atoms with Crippen LogP contribution in [0.1, 0.15) is 18.1 Å². The predicted molar refractivity (Wildman–Crippen MR) is 93.2 cm³/mol. The lowest BCUT2D eigenvalue weighted by molar-refractivity contribution is -0.152. The zero-order chi connectivity index (χ0) is 17.5. The molecule has 0 unspecified atom stereocenters. The highest BCUT2D eigenvalue weighted by atomic mass is 79.9. The predicted octanol–water partition coefficient (Wildman–Crippen LogP) is 3.43. The molecule has 0 heterocycles. The third-order valence-corrected chi connectivity index (χ3v) is 3.75. The molecular weight excluding hydrogens is 372 g/mol. The van der Waals surface area contributed by atoms with E-state index in [2.05, 4.69) is 21.2 Å². The van der Waals surface area contributed by atoms with E-state index in [0.717, 1.165) is 10.0 Å². The Bertz CT molecular complexity index is 764. The van der Waals surface area contributed by atoms with Crippen LogP contribution >= 0.6 is 15.9 Å². The molecule has 0 aromatic heterocycles. The number of hydrogen-bond donors (Lipinski definition) is 1. The maximum Gasteiger partial charge on any atom is 0.311 e. The highest BCUT2D eigenvalue weighted by molar-refractivity contribution is 9.10. The molecule has 1 amide bonds. The number of ether oxygens (including phenoxy) is 1. The average Bonchev–Trinajstić information content (AvgIpc) is 2.57. The van der Waals surface area contributed by atoms with Gasteiger partial charge in [0.25, 0.3) is 5.91 Å². The molecule has 0 aliphatic carbocycles. The van der Waals surface area contributed by atoms with E-state index in [1.54, 1.807) is 24.3 Å². The number of rotatable bonds is 5. The van der Waals surface area contributed by atoms with Gasteiger partial charge in [0.15, 0.2) is 6.10 Å². The molecule has 2 aromatic rings. The molecule has 0 spiro atoms. The first-order valence-electron chi connectivity index (χ1n) is 7.23. The SMILES string of the molecule is C[C@@H](OC(=O)Cc1ccc(Br)cc1)C(=O)Nc1ccc(C#N)cc1. The summed E-state index contributed by atoms with van der Waals surface area (Å²) in [4.78, 5) is 23.9. The maximum atomic E-state index is 12.0. The van der Waals surface area contributed by atoms with Gasteiger partial charge in [-0.05, 0) is 48.9 Å². The summed E-state index contributed by atoms with van der Waals surface area (Å²) in [6, 6.07) is 15.7. The molecule has 0 saturated carbocycles. The van der Waals surface area contributed by atoms with Gasteiger partial charge in [0.2, 0.25) is 0 Å². The van der Waals surface area contributed by atoms with Crippen LogP contribution in [0.25, 0.3) is 0 Å². The normalized spacial score (nSPS) is 11.2. The van der Waals surface area contributed by atoms with Crippen molar-refractivity contribution in [1.82, 2.24) is 0 Å². The first-order chi connectivity index (χ1) is 11.5. The third-order valence-electron chi connectivity index (χ3n) is 3.22. The lowest BCUT2D eigenvalue weighted by atomic mass is 10.1. The first kappa shape index (κ1) is 17.7. The second-order valence-corrected chi connectivity index (χ2v) is 6.03. The summed E-state index contributed by atoms with van der Waals surface area (Å²) < 4.78 is 6.07. The minimum atomic E-state index is -0.913. The van der Waals surface area contributed by atoms with Gasteiger partial charge in [0.05, 0.1) is 18.1 Å². The Balaban J connectivity index is 1.87. The average molecular weight is 387 g/mol. The van der Waals surface area contributed by atoms with E-state index in [0.29, 0.717) is 11.3 Å². The molecule has 1 atom stereocenters. The Morgan fingerprint density at radius 2 is 1.79 bits per heavy atom. The van der Waals surface area contributed by atoms with Crippen LogP contribution in [0.3, 0.4) is 0 Å². The van der Waals surface area contributed by atoms with Crippen molar-refractivity contribution in [3.8, 4) is 6.07 Å². The summed E-state index contributed by atoms with van der Waals surface area (Å²) >= 11 is 3.32. The zero-order valence-corrected chi connectivity index (χ0v) is 14.5. The molecule has 0 aliphatic heterocycles. The van der Waals surface area contributed by atoms with Crippen molar-refractivity contribution >= 4 is 33.5 Å². The van der Waals surface area contributed by atoms with Gasteiger partial charge in [-0.1, -0.05) is 28.1 Å². The topological polar surface area (TPSA) is 79.2 Å². The van der Waals surface area contributed by atoms with Crippen LogP contribution in [0, 0.1) is 11.3 Å². The molecule has 0 aliphatic rings. The van der Waals surface area contributed by atoms with Crippen molar-refractivity contribution < 1.29 is 14.3 Å². The number of nitriles is 1. The van der Waals surface area contributed by atoms with Crippen molar-refractivity contribution in [1.29, 1.82) is 5.26 Å². The molecule has 122 valence electrons. The fourth-order valence-electron chi connectivity index (χ4n) is 1.93. The van der Waals surface area contributed by atoms with Crippen LogP contribution in [-0.4, -0.2) is 18.0 Å². The van der Waals surface area contributed by atoms with Crippen LogP contribution in [0.2, 0.25) is 0 Å². The Morgan fingerprint density at radius 1 is 1.17 bits per heavy atom. The molecular formula is C18H15BrN2O3. The number of carbonyl (C=O) groups excluding carboxylic acids is 2. The second kappa shape index (κ2) is 8.27. The van der Waals surface area contributed by atoms with E-state index in [1.807, 2.05) is 30.3 Å². The Labute approximate surface area is 148 Å². The summed E-state index contributed by atoms with van der Waals surface area (Å²) in [6.45, 7) is 1.51. The molecule has 5 nitrogen and oxygen atoms in total. The number of hydrogen-bond acceptors (Lipinski definition) is 4. The molecule has 0 fully saturated rings. The first-order valence-corrected chi connectivity index (χ1v) is 8.02. The summed E-state index contributed by atoms with van der Waals surface area (Å²) in [6.07, 6.45) is -0.814. The van der Waals surface area contributed by atoms with Gasteiger partial charge in [-0.25, -0.2) is 0 Å². The van der Waals surface area contributed by atoms with Gasteiger partial charge in [-0.15, -0.1) is 0 Å². The van der Waals surface area contributed by atoms with E-state index in [9.17, 15) is 9.59 Å². The van der Waals surface area contributed by atoms with Crippen molar-refractivity contribution in [2.24, 2.45) is 0 Å². The zero-order valence-electron chi connectivity index (χ0n) is 13.0. The van der Waals surface area contributed by atoms with Crippen LogP contribution in [0.15, 0.2) is 53.0 Å². The van der Waals surface area contributed by atoms with Gasteiger partial charge in [0.1, 0.15) is 0 Å². The lowest BCUT2D eigenvalue weighted by Gasteiger charge is -2.13. The minimum Gasteiger partial charge on any atom is -0.452 e. The highest BCUT2D eigenvalue weighted by Crippen LogP contribution is 2.12. The molecule has 2 rings (SSSR count). The van der Waals surface area contributed by atoms with E-state index < -0.39 is 18.0 Å². The Kier molecular flexibility index (Phi) is 6.10. The quantitative estimate of drug-likeness (QED) is 0.798. The van der Waals surface area contributed by atoms with Crippen LogP contribution < -0.4 is 5.32 Å². The van der Waals surface area contributed by atoms with Gasteiger partial charge >= 0.3 is 5.97 Å². The standard InChI is InChI=1S/C18H15BrN2O3/c1-12(18(23)21-16-8-4-14(11-20)5-9-16)24-17(22)10-13-2-6-15(19)7-3-13/h2-9,12H,10H2,1H3,(H,21,23)/t12-/m1/s1. The summed E-state index contributed by atoms with van der Waals surface area (Å²) in [5, 5.41) is 11.4. The number of nitrogens with zero attached hydrogens (tertiary/aromatic N) is 1. The number of esters is 1. The van der Waals surface area contributed by atoms with Crippen molar-refractivity contribution in [2.75, 3.05) is 5.32 Å². The Morgan fingerprint density at radius 3 is 2.38 bits per heavy atom. The number of carbonyl (C=O) groups is 2. The second-order valence-electron chi connectivity index (χ2n) is 5.11. The number of amides is 1. The fraction of sp³-hybridized carbons (Fsp3) is 0.167. The van der Waals surface area contributed by atoms with Crippen molar-refractivity contribution in [2.45, 2.75) is 19.4 Å². The van der Waals surface area contributed by atoms with E-state index >= 15 is 0 Å². The molecule has 2 aromatic carbocycles. The molecule has 0 radical (unpaired) electrons. The largest absolute Gasteiger partial charge is 0.452 e. The van der Waals surface area contributed by atoms with E-state index in [-0.39, 0.29) is 6.42 Å². The number of benzene rings is 2. The molecule has 24 heavy (non-hydrogen) atoms. The van der Waals surface area contributed by atoms with Gasteiger partial charge in [0, 0.05) is 10.2 Å². The minimum absolute atomic E-state index is 0.0990. The lowest BCUT2D eigenvalue weighted by Crippen LogP contribution is -2.30. The molecule has 1 N–H and O–H groups in total. The fourth-order valence-corrected chi connectivity index (χ4v) is 2.20. The number of anilines is 1. The molecule has 0 saturated heterocycles. The van der Waals surface area contributed by atoms with Gasteiger partial charge in [-0.3, -0.25) is 9.59 Å². The van der Waals surface area contributed by atoms with Crippen molar-refractivity contribution in [3.05, 3.63) is 64.1 Å². The van der Waals surface area contributed by atoms with Gasteiger partial charge in [-0.2, -0.15) is 5.26 Å². The van der Waals surface area contributed by atoms with Gasteiger partial charge < -0.3 is 10.1 Å². The highest BCUT2D eigenvalue weighted by Gasteiger charge is 2.18.